The van der Waals surface area contributed by atoms with Gasteiger partial charge in [-0.3, -0.25) is 4.57 Å². The molecule has 1 atom stereocenters. The van der Waals surface area contributed by atoms with Crippen molar-refractivity contribution in [1.29, 1.82) is 0 Å². The molecule has 2 aromatic heterocycles. The number of para-hydroxylation sites is 1. The minimum atomic E-state index is -0.436. The van der Waals surface area contributed by atoms with Gasteiger partial charge in [-0.25, -0.2) is 0 Å². The molecule has 26 heavy (non-hydrogen) atoms. The van der Waals surface area contributed by atoms with Gasteiger partial charge in [0, 0.05) is 6.42 Å². The lowest BCUT2D eigenvalue weighted by molar-refractivity contribution is 0.184. The summed E-state index contributed by atoms with van der Waals surface area (Å²) < 4.78 is 18.7. The zero-order valence-corrected chi connectivity index (χ0v) is 15.4. The second kappa shape index (κ2) is 7.61. The summed E-state index contributed by atoms with van der Waals surface area (Å²) in [4.78, 5) is 0. The summed E-state index contributed by atoms with van der Waals surface area (Å²) in [5.41, 5.74) is 0.701. The summed E-state index contributed by atoms with van der Waals surface area (Å²) in [6.07, 6.45) is 0.673. The van der Waals surface area contributed by atoms with E-state index in [1.807, 2.05) is 41.8 Å². The number of aryl methyl sites for hydroxylation is 2. The third-order valence-corrected chi connectivity index (χ3v) is 4.10. The van der Waals surface area contributed by atoms with Crippen LogP contribution < -0.4 is 9.47 Å². The molecular formula is C19H23N3O4. The fraction of sp³-hybridized carbons (Fsp3) is 0.368. The van der Waals surface area contributed by atoms with Crippen LogP contribution in [0, 0.1) is 6.92 Å². The standard InChI is InChI=1S/C19H23N3O4/c1-12(23)8-11-17-20-21-19(16-10-9-13(2)26-16)22(17)18-14(24-3)6-5-7-15(18)25-4/h5-7,9-10,12,23H,8,11H2,1-4H3. The molecule has 0 spiro atoms. The highest BCUT2D eigenvalue weighted by atomic mass is 16.5. The van der Waals surface area contributed by atoms with Crippen LogP contribution in [0.2, 0.25) is 0 Å². The molecule has 0 saturated carbocycles. The smallest absolute Gasteiger partial charge is 0.204 e. The normalized spacial score (nSPS) is 12.2. The molecule has 0 aliphatic rings. The topological polar surface area (TPSA) is 82.5 Å². The second-order valence-electron chi connectivity index (χ2n) is 6.08. The number of aliphatic hydroxyl groups excluding tert-OH is 1. The number of furan rings is 1. The second-order valence-corrected chi connectivity index (χ2v) is 6.08. The lowest BCUT2D eigenvalue weighted by Gasteiger charge is -2.17. The van der Waals surface area contributed by atoms with Gasteiger partial charge < -0.3 is 19.0 Å². The zero-order valence-electron chi connectivity index (χ0n) is 15.4. The van der Waals surface area contributed by atoms with Gasteiger partial charge in [-0.15, -0.1) is 10.2 Å². The van der Waals surface area contributed by atoms with E-state index in [0.717, 1.165) is 5.76 Å². The molecular weight excluding hydrogens is 334 g/mol. The number of rotatable bonds is 7. The van der Waals surface area contributed by atoms with Crippen molar-refractivity contribution in [3.63, 3.8) is 0 Å². The van der Waals surface area contributed by atoms with Gasteiger partial charge in [0.05, 0.1) is 20.3 Å². The minimum Gasteiger partial charge on any atom is -0.494 e. The first-order valence-corrected chi connectivity index (χ1v) is 8.45. The Morgan fingerprint density at radius 1 is 1.12 bits per heavy atom. The predicted octanol–water partition coefficient (Wildman–Crippen LogP) is 3.17. The van der Waals surface area contributed by atoms with Gasteiger partial charge in [0.25, 0.3) is 0 Å². The summed E-state index contributed by atoms with van der Waals surface area (Å²) in [5, 5.41) is 18.3. The van der Waals surface area contributed by atoms with Crippen LogP contribution in [0.3, 0.4) is 0 Å². The summed E-state index contributed by atoms with van der Waals surface area (Å²) in [6, 6.07) is 9.30. The molecule has 0 fully saturated rings. The maximum Gasteiger partial charge on any atom is 0.204 e. The zero-order chi connectivity index (χ0) is 18.7. The summed E-state index contributed by atoms with van der Waals surface area (Å²) >= 11 is 0. The van der Waals surface area contributed by atoms with Gasteiger partial charge in [-0.1, -0.05) is 6.07 Å². The quantitative estimate of drug-likeness (QED) is 0.699. The van der Waals surface area contributed by atoms with Gasteiger partial charge in [0.1, 0.15) is 28.8 Å². The van der Waals surface area contributed by atoms with Crippen molar-refractivity contribution in [3.8, 4) is 28.8 Å². The van der Waals surface area contributed by atoms with E-state index in [0.29, 0.717) is 47.4 Å². The minimum absolute atomic E-state index is 0.436. The van der Waals surface area contributed by atoms with Crippen molar-refractivity contribution in [2.24, 2.45) is 0 Å². The van der Waals surface area contributed by atoms with Crippen LogP contribution in [0.25, 0.3) is 17.3 Å². The van der Waals surface area contributed by atoms with Crippen molar-refractivity contribution < 1.29 is 19.0 Å². The SMILES string of the molecule is COc1cccc(OC)c1-n1c(CCC(C)O)nnc1-c1ccc(C)o1. The number of ether oxygens (including phenoxy) is 2. The molecule has 7 nitrogen and oxygen atoms in total. The molecule has 0 saturated heterocycles. The Kier molecular flexibility index (Phi) is 5.27. The highest BCUT2D eigenvalue weighted by molar-refractivity contribution is 5.63. The maximum atomic E-state index is 9.68. The Balaban J connectivity index is 2.22. The Morgan fingerprint density at radius 2 is 1.81 bits per heavy atom. The molecule has 0 bridgehead atoms. The van der Waals surface area contributed by atoms with E-state index in [1.165, 1.54) is 0 Å². The highest BCUT2D eigenvalue weighted by Gasteiger charge is 2.23. The molecule has 3 rings (SSSR count). The first-order chi connectivity index (χ1) is 12.5. The molecule has 138 valence electrons. The van der Waals surface area contributed by atoms with Crippen LogP contribution in [0.5, 0.6) is 11.5 Å². The van der Waals surface area contributed by atoms with Gasteiger partial charge in [0.2, 0.25) is 5.82 Å². The first kappa shape index (κ1) is 18.0. The fourth-order valence-electron chi connectivity index (χ4n) is 2.82. The number of aliphatic hydroxyl groups is 1. The number of benzene rings is 1. The number of aromatic nitrogens is 3. The average Bonchev–Trinajstić information content (AvgIpc) is 3.24. The average molecular weight is 357 g/mol. The Morgan fingerprint density at radius 3 is 2.35 bits per heavy atom. The Hall–Kier alpha value is -2.80. The number of methoxy groups -OCH3 is 2. The molecule has 1 aromatic carbocycles. The van der Waals surface area contributed by atoms with Crippen LogP contribution in [0.1, 0.15) is 24.9 Å². The van der Waals surface area contributed by atoms with Crippen molar-refractivity contribution in [3.05, 3.63) is 41.9 Å². The Labute approximate surface area is 152 Å². The molecule has 2 heterocycles. The lowest BCUT2D eigenvalue weighted by Crippen LogP contribution is -2.09. The third-order valence-electron chi connectivity index (χ3n) is 4.10. The van der Waals surface area contributed by atoms with E-state index in [-0.39, 0.29) is 0 Å². The summed E-state index contributed by atoms with van der Waals surface area (Å²) in [7, 11) is 3.21. The highest BCUT2D eigenvalue weighted by Crippen LogP contribution is 2.36. The van der Waals surface area contributed by atoms with E-state index in [2.05, 4.69) is 10.2 Å². The largest absolute Gasteiger partial charge is 0.494 e. The predicted molar refractivity (Wildman–Crippen MR) is 96.9 cm³/mol. The van der Waals surface area contributed by atoms with E-state index in [9.17, 15) is 5.11 Å². The molecule has 7 heteroatoms. The van der Waals surface area contributed by atoms with Crippen LogP contribution >= 0.6 is 0 Å². The van der Waals surface area contributed by atoms with Crippen LogP contribution in [-0.4, -0.2) is 40.2 Å². The van der Waals surface area contributed by atoms with E-state index in [4.69, 9.17) is 13.9 Å². The molecule has 1 unspecified atom stereocenters. The summed E-state index contributed by atoms with van der Waals surface area (Å²) in [6.45, 7) is 3.63. The maximum absolute atomic E-state index is 9.68. The number of hydrogen-bond donors (Lipinski definition) is 1. The van der Waals surface area contributed by atoms with E-state index in [1.54, 1.807) is 21.1 Å². The Bertz CT molecular complexity index is 861. The van der Waals surface area contributed by atoms with Gasteiger partial charge >= 0.3 is 0 Å². The van der Waals surface area contributed by atoms with Gasteiger partial charge in [-0.05, 0) is 44.5 Å². The molecule has 0 aliphatic heterocycles. The molecule has 3 aromatic rings. The number of hydrogen-bond acceptors (Lipinski definition) is 6. The monoisotopic (exact) mass is 357 g/mol. The molecule has 0 aliphatic carbocycles. The van der Waals surface area contributed by atoms with Gasteiger partial charge in [-0.2, -0.15) is 0 Å². The van der Waals surface area contributed by atoms with Crippen LogP contribution in [-0.2, 0) is 6.42 Å². The molecule has 1 N–H and O–H groups in total. The van der Waals surface area contributed by atoms with Gasteiger partial charge in [0.15, 0.2) is 5.76 Å². The lowest BCUT2D eigenvalue weighted by atomic mass is 10.2. The number of nitrogens with zero attached hydrogens (tertiary/aromatic N) is 3. The third kappa shape index (κ3) is 3.43. The van der Waals surface area contributed by atoms with Crippen LogP contribution in [0.4, 0.5) is 0 Å². The molecule has 0 amide bonds. The first-order valence-electron chi connectivity index (χ1n) is 8.45. The van der Waals surface area contributed by atoms with E-state index >= 15 is 0 Å². The van der Waals surface area contributed by atoms with Crippen molar-refractivity contribution in [2.75, 3.05) is 14.2 Å². The van der Waals surface area contributed by atoms with E-state index < -0.39 is 6.10 Å². The summed E-state index contributed by atoms with van der Waals surface area (Å²) in [5.74, 6) is 3.90. The van der Waals surface area contributed by atoms with Crippen molar-refractivity contribution >= 4 is 0 Å². The molecule has 0 radical (unpaired) electrons. The van der Waals surface area contributed by atoms with Crippen LogP contribution in [0.15, 0.2) is 34.7 Å². The van der Waals surface area contributed by atoms with Crippen molar-refractivity contribution in [1.82, 2.24) is 14.8 Å². The fourth-order valence-corrected chi connectivity index (χ4v) is 2.82. The van der Waals surface area contributed by atoms with Crippen molar-refractivity contribution in [2.45, 2.75) is 32.8 Å².